The van der Waals surface area contributed by atoms with Crippen LogP contribution in [0.1, 0.15) is 30.5 Å². The Bertz CT molecular complexity index is 971. The molecule has 1 aromatic carbocycles. The van der Waals surface area contributed by atoms with Crippen molar-refractivity contribution in [3.63, 3.8) is 0 Å². The number of aryl methyl sites for hydroxylation is 2. The maximum absolute atomic E-state index is 11.7. The smallest absolute Gasteiger partial charge is 0.238 e. The summed E-state index contributed by atoms with van der Waals surface area (Å²) in [6.45, 7) is 3.68. The van der Waals surface area contributed by atoms with Gasteiger partial charge in [0.15, 0.2) is 0 Å². The number of pyridine rings is 1. The van der Waals surface area contributed by atoms with E-state index in [1.165, 1.54) is 0 Å². The summed E-state index contributed by atoms with van der Waals surface area (Å²) in [5.74, 6) is 1.44. The summed E-state index contributed by atoms with van der Waals surface area (Å²) < 4.78 is 5.87. The second-order valence-corrected chi connectivity index (χ2v) is 7.28. The first-order valence-electron chi connectivity index (χ1n) is 9.97. The number of amides is 1. The molecule has 2 aromatic heterocycles. The maximum Gasteiger partial charge on any atom is 0.238 e. The zero-order valence-electron chi connectivity index (χ0n) is 16.5. The highest BCUT2D eigenvalue weighted by molar-refractivity contribution is 5.78. The predicted molar refractivity (Wildman–Crippen MR) is 111 cm³/mol. The van der Waals surface area contributed by atoms with Crippen LogP contribution in [0.3, 0.4) is 0 Å². The molecule has 3 aromatic rings. The zero-order chi connectivity index (χ0) is 20.1. The van der Waals surface area contributed by atoms with Gasteiger partial charge in [0.25, 0.3) is 0 Å². The standard InChI is InChI=1S/C23H24N4O2/c1-17-6-11-21(25-14-17)18-7-9-20(10-8-18)29-22-16-24-15-19(26-22)4-2-12-27-13-3-5-23(27)28/h6-11,14-16H,2-5,12-13H2,1H3. The van der Waals surface area contributed by atoms with Gasteiger partial charge < -0.3 is 9.64 Å². The molecule has 3 heterocycles. The molecule has 29 heavy (non-hydrogen) atoms. The lowest BCUT2D eigenvalue weighted by atomic mass is 10.1. The number of rotatable bonds is 7. The average Bonchev–Trinajstić information content (AvgIpc) is 3.14. The van der Waals surface area contributed by atoms with E-state index in [4.69, 9.17) is 4.74 Å². The largest absolute Gasteiger partial charge is 0.437 e. The highest BCUT2D eigenvalue weighted by atomic mass is 16.5. The fraction of sp³-hybridized carbons (Fsp3) is 0.304. The van der Waals surface area contributed by atoms with E-state index in [2.05, 4.69) is 15.0 Å². The van der Waals surface area contributed by atoms with E-state index in [0.717, 1.165) is 54.9 Å². The molecule has 0 spiro atoms. The molecule has 1 aliphatic heterocycles. The van der Waals surface area contributed by atoms with E-state index in [9.17, 15) is 4.79 Å². The van der Waals surface area contributed by atoms with Crippen molar-refractivity contribution in [1.29, 1.82) is 0 Å². The molecule has 0 bridgehead atoms. The number of benzene rings is 1. The predicted octanol–water partition coefficient (Wildman–Crippen LogP) is 4.19. The van der Waals surface area contributed by atoms with Crippen LogP contribution in [0, 0.1) is 6.92 Å². The lowest BCUT2D eigenvalue weighted by Gasteiger charge is -2.14. The molecule has 1 amide bonds. The van der Waals surface area contributed by atoms with Crippen molar-refractivity contribution in [2.75, 3.05) is 13.1 Å². The fourth-order valence-corrected chi connectivity index (χ4v) is 3.40. The second-order valence-electron chi connectivity index (χ2n) is 7.28. The Labute approximate surface area is 170 Å². The van der Waals surface area contributed by atoms with Gasteiger partial charge in [-0.15, -0.1) is 0 Å². The molecule has 4 rings (SSSR count). The maximum atomic E-state index is 11.7. The molecular formula is C23H24N4O2. The Morgan fingerprint density at radius 2 is 1.93 bits per heavy atom. The van der Waals surface area contributed by atoms with E-state index in [0.29, 0.717) is 18.1 Å². The zero-order valence-corrected chi connectivity index (χ0v) is 16.5. The number of ether oxygens (including phenoxy) is 1. The third-order valence-electron chi connectivity index (χ3n) is 4.98. The van der Waals surface area contributed by atoms with Crippen molar-refractivity contribution in [2.24, 2.45) is 0 Å². The van der Waals surface area contributed by atoms with E-state index < -0.39 is 0 Å². The molecule has 0 radical (unpaired) electrons. The summed E-state index contributed by atoms with van der Waals surface area (Å²) in [5, 5.41) is 0. The van der Waals surface area contributed by atoms with Gasteiger partial charge in [-0.25, -0.2) is 4.98 Å². The van der Waals surface area contributed by atoms with Crippen LogP contribution in [0.15, 0.2) is 55.0 Å². The summed E-state index contributed by atoms with van der Waals surface area (Å²) in [6.07, 6.45) is 8.53. The lowest BCUT2D eigenvalue weighted by molar-refractivity contribution is -0.127. The Morgan fingerprint density at radius 1 is 1.07 bits per heavy atom. The van der Waals surface area contributed by atoms with Crippen LogP contribution in [-0.4, -0.2) is 38.8 Å². The van der Waals surface area contributed by atoms with Crippen LogP contribution in [0.5, 0.6) is 11.6 Å². The lowest BCUT2D eigenvalue weighted by Crippen LogP contribution is -2.25. The van der Waals surface area contributed by atoms with Crippen molar-refractivity contribution < 1.29 is 9.53 Å². The molecule has 1 fully saturated rings. The minimum absolute atomic E-state index is 0.262. The first-order valence-corrected chi connectivity index (χ1v) is 9.97. The monoisotopic (exact) mass is 388 g/mol. The number of carbonyl (C=O) groups excluding carboxylic acids is 1. The summed E-state index contributed by atoms with van der Waals surface area (Å²) in [6, 6.07) is 11.8. The van der Waals surface area contributed by atoms with Crippen LogP contribution in [0.25, 0.3) is 11.3 Å². The quantitative estimate of drug-likeness (QED) is 0.607. The van der Waals surface area contributed by atoms with Crippen molar-refractivity contribution in [3.05, 3.63) is 66.2 Å². The number of nitrogens with zero attached hydrogens (tertiary/aromatic N) is 4. The SMILES string of the molecule is Cc1ccc(-c2ccc(Oc3cncc(CCCN4CCCC4=O)n3)cc2)nc1. The number of aromatic nitrogens is 3. The molecule has 0 aliphatic carbocycles. The van der Waals surface area contributed by atoms with Crippen molar-refractivity contribution >= 4 is 5.91 Å². The van der Waals surface area contributed by atoms with Crippen LogP contribution in [0.4, 0.5) is 0 Å². The van der Waals surface area contributed by atoms with E-state index in [-0.39, 0.29) is 5.91 Å². The first-order chi connectivity index (χ1) is 14.2. The Kier molecular flexibility index (Phi) is 5.79. The van der Waals surface area contributed by atoms with Gasteiger partial charge in [-0.3, -0.25) is 14.8 Å². The normalized spacial score (nSPS) is 13.7. The van der Waals surface area contributed by atoms with Gasteiger partial charge >= 0.3 is 0 Å². The van der Waals surface area contributed by atoms with E-state index in [1.54, 1.807) is 12.4 Å². The molecule has 148 valence electrons. The van der Waals surface area contributed by atoms with Gasteiger partial charge in [0, 0.05) is 37.5 Å². The van der Waals surface area contributed by atoms with Crippen LogP contribution < -0.4 is 4.74 Å². The molecule has 0 saturated carbocycles. The number of hydrogen-bond acceptors (Lipinski definition) is 5. The van der Waals surface area contributed by atoms with Crippen LogP contribution in [0.2, 0.25) is 0 Å². The summed E-state index contributed by atoms with van der Waals surface area (Å²) in [4.78, 5) is 26.8. The summed E-state index contributed by atoms with van der Waals surface area (Å²) in [7, 11) is 0. The van der Waals surface area contributed by atoms with Crippen molar-refractivity contribution in [2.45, 2.75) is 32.6 Å². The average molecular weight is 388 g/mol. The highest BCUT2D eigenvalue weighted by Gasteiger charge is 2.19. The third kappa shape index (κ3) is 4.96. The Hall–Kier alpha value is -3.28. The topological polar surface area (TPSA) is 68.2 Å². The molecular weight excluding hydrogens is 364 g/mol. The van der Waals surface area contributed by atoms with Gasteiger partial charge in [-0.1, -0.05) is 6.07 Å². The molecule has 0 N–H and O–H groups in total. The summed E-state index contributed by atoms with van der Waals surface area (Å²) >= 11 is 0. The van der Waals surface area contributed by atoms with E-state index >= 15 is 0 Å². The van der Waals surface area contributed by atoms with Gasteiger partial charge in [-0.2, -0.15) is 0 Å². The molecule has 0 unspecified atom stereocenters. The number of carbonyl (C=O) groups is 1. The highest BCUT2D eigenvalue weighted by Crippen LogP contribution is 2.24. The van der Waals surface area contributed by atoms with Crippen LogP contribution >= 0.6 is 0 Å². The number of likely N-dealkylation sites (tertiary alicyclic amines) is 1. The Morgan fingerprint density at radius 3 is 2.66 bits per heavy atom. The van der Waals surface area contributed by atoms with Crippen LogP contribution in [-0.2, 0) is 11.2 Å². The molecule has 1 aliphatic rings. The van der Waals surface area contributed by atoms with Gasteiger partial charge in [0.1, 0.15) is 5.75 Å². The Balaban J connectivity index is 1.35. The fourth-order valence-electron chi connectivity index (χ4n) is 3.40. The van der Waals surface area contributed by atoms with Gasteiger partial charge in [0.05, 0.1) is 17.6 Å². The van der Waals surface area contributed by atoms with Gasteiger partial charge in [-0.05, 0) is 62.1 Å². The van der Waals surface area contributed by atoms with Gasteiger partial charge in [0.2, 0.25) is 11.8 Å². The molecule has 6 heteroatoms. The minimum atomic E-state index is 0.262. The first kappa shape index (κ1) is 19.1. The summed E-state index contributed by atoms with van der Waals surface area (Å²) in [5.41, 5.74) is 3.97. The third-order valence-corrected chi connectivity index (χ3v) is 4.98. The van der Waals surface area contributed by atoms with Crippen molar-refractivity contribution in [1.82, 2.24) is 19.9 Å². The number of hydrogen-bond donors (Lipinski definition) is 0. The molecule has 1 saturated heterocycles. The molecule has 0 atom stereocenters. The minimum Gasteiger partial charge on any atom is -0.437 e. The van der Waals surface area contributed by atoms with Crippen molar-refractivity contribution in [3.8, 4) is 22.9 Å². The molecule has 6 nitrogen and oxygen atoms in total. The second kappa shape index (κ2) is 8.82. The van der Waals surface area contributed by atoms with E-state index in [1.807, 2.05) is 54.4 Å².